The van der Waals surface area contributed by atoms with Gasteiger partial charge >= 0.3 is 19.8 Å². The molecule has 0 radical (unpaired) electrons. The van der Waals surface area contributed by atoms with Gasteiger partial charge < -0.3 is 19.3 Å². The maximum absolute atomic E-state index is 12.3. The summed E-state index contributed by atoms with van der Waals surface area (Å²) in [5.74, 6) is -0.889. The van der Waals surface area contributed by atoms with Crippen LogP contribution in [0.1, 0.15) is 162 Å². The first-order valence-corrected chi connectivity index (χ1v) is 18.0. The smallest absolute Gasteiger partial charge is 0.462 e. The molecule has 0 saturated carbocycles. The Bertz CT molecular complexity index is 691. The summed E-state index contributed by atoms with van der Waals surface area (Å²) in [5.41, 5.74) is 0. The molecule has 0 unspecified atom stereocenters. The summed E-state index contributed by atoms with van der Waals surface area (Å²) in [6.07, 6.45) is 28.0. The Morgan fingerprint density at radius 1 is 0.634 bits per heavy atom. The number of carbonyl (C=O) groups excluding carboxylic acids is 2. The third kappa shape index (κ3) is 31.6. The SMILES string of the molecule is CC/C=C\CCCCCCCCCC(=O)O[C@H](COC(=O)CCCCCCCCCCCCCC)COP(=O)(O)O. The highest BCUT2D eigenvalue weighted by atomic mass is 31.2. The molecule has 41 heavy (non-hydrogen) atoms. The van der Waals surface area contributed by atoms with Gasteiger partial charge in [-0.1, -0.05) is 129 Å². The van der Waals surface area contributed by atoms with E-state index in [0.29, 0.717) is 6.42 Å². The quantitative estimate of drug-likeness (QED) is 0.0360. The summed E-state index contributed by atoms with van der Waals surface area (Å²) in [6, 6.07) is 0. The molecule has 242 valence electrons. The molecule has 2 N–H and O–H groups in total. The topological polar surface area (TPSA) is 119 Å². The van der Waals surface area contributed by atoms with Crippen LogP contribution >= 0.6 is 7.82 Å². The third-order valence-electron chi connectivity index (χ3n) is 7.05. The number of carbonyl (C=O) groups is 2. The molecule has 1 atom stereocenters. The Kier molecular flexibility index (Phi) is 28.0. The van der Waals surface area contributed by atoms with Gasteiger partial charge in [0.25, 0.3) is 0 Å². The molecule has 0 rings (SSSR count). The van der Waals surface area contributed by atoms with Crippen molar-refractivity contribution in [2.45, 2.75) is 168 Å². The Morgan fingerprint density at radius 3 is 1.59 bits per heavy atom. The average Bonchev–Trinajstić information content (AvgIpc) is 2.93. The second-order valence-corrected chi connectivity index (χ2v) is 12.4. The van der Waals surface area contributed by atoms with Crippen molar-refractivity contribution in [2.75, 3.05) is 13.2 Å². The summed E-state index contributed by atoms with van der Waals surface area (Å²) in [5, 5.41) is 0. The van der Waals surface area contributed by atoms with Gasteiger partial charge in [-0.3, -0.25) is 14.1 Å². The van der Waals surface area contributed by atoms with Crippen molar-refractivity contribution in [2.24, 2.45) is 0 Å². The maximum Gasteiger partial charge on any atom is 0.469 e. The molecule has 0 saturated heterocycles. The lowest BCUT2D eigenvalue weighted by Gasteiger charge is -2.18. The minimum atomic E-state index is -4.74. The third-order valence-corrected chi connectivity index (χ3v) is 7.53. The number of rotatable bonds is 30. The highest BCUT2D eigenvalue weighted by Gasteiger charge is 2.22. The van der Waals surface area contributed by atoms with E-state index in [2.05, 4.69) is 30.5 Å². The van der Waals surface area contributed by atoms with Crippen LogP contribution in [-0.2, 0) is 28.2 Å². The lowest BCUT2D eigenvalue weighted by Crippen LogP contribution is -2.29. The molecule has 0 spiro atoms. The van der Waals surface area contributed by atoms with Gasteiger partial charge in [0, 0.05) is 12.8 Å². The van der Waals surface area contributed by atoms with E-state index in [1.165, 1.54) is 77.0 Å². The number of hydrogen-bond donors (Lipinski definition) is 2. The first kappa shape index (κ1) is 39.8. The first-order chi connectivity index (χ1) is 19.8. The molecule has 0 aliphatic carbocycles. The van der Waals surface area contributed by atoms with Crippen molar-refractivity contribution in [3.63, 3.8) is 0 Å². The van der Waals surface area contributed by atoms with Crippen LogP contribution in [0.5, 0.6) is 0 Å². The molecule has 8 nitrogen and oxygen atoms in total. The van der Waals surface area contributed by atoms with Crippen molar-refractivity contribution in [3.8, 4) is 0 Å². The normalized spacial score (nSPS) is 12.6. The standard InChI is InChI=1S/C32H61O8P/c1-3-5-7-9-11-13-15-17-18-20-22-24-26-31(33)38-28-30(29-39-41(35,36)37)40-32(34)27-25-23-21-19-16-14-12-10-8-6-4-2/h6,8,30H,3-5,7,9-29H2,1-2H3,(H2,35,36,37)/b8-6-/t30-/m1/s1. The van der Waals surface area contributed by atoms with Crippen LogP contribution < -0.4 is 0 Å². The molecule has 0 aliphatic heterocycles. The fourth-order valence-electron chi connectivity index (χ4n) is 4.61. The van der Waals surface area contributed by atoms with E-state index in [1.54, 1.807) is 0 Å². The van der Waals surface area contributed by atoms with E-state index in [4.69, 9.17) is 19.3 Å². The summed E-state index contributed by atoms with van der Waals surface area (Å²) >= 11 is 0. The first-order valence-electron chi connectivity index (χ1n) is 16.5. The molecule has 0 fully saturated rings. The predicted molar refractivity (Wildman–Crippen MR) is 166 cm³/mol. The Balaban J connectivity index is 4.01. The Hall–Kier alpha value is -1.21. The highest BCUT2D eigenvalue weighted by Crippen LogP contribution is 2.35. The van der Waals surface area contributed by atoms with Crippen LogP contribution in [0.2, 0.25) is 0 Å². The maximum atomic E-state index is 12.3. The van der Waals surface area contributed by atoms with Crippen molar-refractivity contribution in [1.82, 2.24) is 0 Å². The molecular weight excluding hydrogens is 543 g/mol. The minimum Gasteiger partial charge on any atom is -0.462 e. The molecule has 0 aromatic rings. The fraction of sp³-hybridized carbons (Fsp3) is 0.875. The van der Waals surface area contributed by atoms with Gasteiger partial charge in [-0.2, -0.15) is 0 Å². The summed E-state index contributed by atoms with van der Waals surface area (Å²) in [4.78, 5) is 42.4. The number of phosphoric acid groups is 1. The lowest BCUT2D eigenvalue weighted by molar-refractivity contribution is -0.161. The second-order valence-electron chi connectivity index (χ2n) is 11.1. The zero-order valence-electron chi connectivity index (χ0n) is 26.2. The highest BCUT2D eigenvalue weighted by molar-refractivity contribution is 7.46. The van der Waals surface area contributed by atoms with Gasteiger partial charge in [-0.05, 0) is 32.1 Å². The number of allylic oxidation sites excluding steroid dienone is 2. The van der Waals surface area contributed by atoms with Crippen LogP contribution in [-0.4, -0.2) is 41.0 Å². The van der Waals surface area contributed by atoms with Crippen molar-refractivity contribution in [3.05, 3.63) is 12.2 Å². The molecule has 0 aliphatic rings. The largest absolute Gasteiger partial charge is 0.469 e. The number of hydrogen-bond acceptors (Lipinski definition) is 6. The zero-order chi connectivity index (χ0) is 30.4. The monoisotopic (exact) mass is 604 g/mol. The predicted octanol–water partition coefficient (Wildman–Crippen LogP) is 9.12. The summed E-state index contributed by atoms with van der Waals surface area (Å²) < 4.78 is 26.2. The number of ether oxygens (including phenoxy) is 2. The number of phosphoric ester groups is 1. The second kappa shape index (κ2) is 28.9. The molecular formula is C32H61O8P. The Labute approximate surface area is 250 Å². The average molecular weight is 605 g/mol. The van der Waals surface area contributed by atoms with Gasteiger partial charge in [0.1, 0.15) is 6.61 Å². The fourth-order valence-corrected chi connectivity index (χ4v) is 4.97. The van der Waals surface area contributed by atoms with Crippen LogP contribution in [0.15, 0.2) is 12.2 Å². The van der Waals surface area contributed by atoms with E-state index in [9.17, 15) is 14.2 Å². The van der Waals surface area contributed by atoms with Gasteiger partial charge in [0.2, 0.25) is 0 Å². The molecule has 9 heteroatoms. The van der Waals surface area contributed by atoms with Crippen LogP contribution in [0.25, 0.3) is 0 Å². The molecule has 0 aromatic heterocycles. The molecule has 0 heterocycles. The zero-order valence-corrected chi connectivity index (χ0v) is 27.1. The van der Waals surface area contributed by atoms with E-state index in [1.807, 2.05) is 0 Å². The minimum absolute atomic E-state index is 0.209. The van der Waals surface area contributed by atoms with E-state index in [-0.39, 0.29) is 19.4 Å². The van der Waals surface area contributed by atoms with Crippen molar-refractivity contribution in [1.29, 1.82) is 0 Å². The van der Waals surface area contributed by atoms with Crippen molar-refractivity contribution < 1.29 is 37.9 Å². The van der Waals surface area contributed by atoms with Crippen LogP contribution in [0, 0.1) is 0 Å². The molecule has 0 aromatic carbocycles. The van der Waals surface area contributed by atoms with Crippen molar-refractivity contribution >= 4 is 19.8 Å². The van der Waals surface area contributed by atoms with Gasteiger partial charge in [0.15, 0.2) is 6.10 Å². The summed E-state index contributed by atoms with van der Waals surface area (Å²) in [7, 11) is -4.74. The number of unbranched alkanes of at least 4 members (excludes halogenated alkanes) is 18. The van der Waals surface area contributed by atoms with Crippen LogP contribution in [0.3, 0.4) is 0 Å². The van der Waals surface area contributed by atoms with Crippen LogP contribution in [0.4, 0.5) is 0 Å². The van der Waals surface area contributed by atoms with E-state index in [0.717, 1.165) is 51.4 Å². The Morgan fingerprint density at radius 2 is 1.10 bits per heavy atom. The summed E-state index contributed by atoms with van der Waals surface area (Å²) in [6.45, 7) is 3.56. The van der Waals surface area contributed by atoms with E-state index >= 15 is 0 Å². The number of esters is 2. The van der Waals surface area contributed by atoms with Gasteiger partial charge in [-0.25, -0.2) is 4.57 Å². The molecule has 0 bridgehead atoms. The van der Waals surface area contributed by atoms with Gasteiger partial charge in [-0.15, -0.1) is 0 Å². The molecule has 0 amide bonds. The van der Waals surface area contributed by atoms with Gasteiger partial charge in [0.05, 0.1) is 6.61 Å². The lowest BCUT2D eigenvalue weighted by atomic mass is 10.0. The van der Waals surface area contributed by atoms with E-state index < -0.39 is 32.5 Å².